The number of nitrogens with zero attached hydrogens (tertiary/aromatic N) is 2. The molecule has 2 bridgehead atoms. The molecule has 0 spiro atoms. The SMILES string of the molecule is C=C[C@H]1C[N@@+]2(Cc3cc(OCc4cc(OCc5ccccc5)cc(OCc5ccccc5)c4)cc(OCc4cc(OCc5ccccc5)cc(OCc5ccccc5)c4)c3)CC[C@@H]1C[C@H]2[C@H](O)c1ccnc2ccc(OC)cc12.[Br-]. The van der Waals surface area contributed by atoms with E-state index in [4.69, 9.17) is 33.2 Å². The number of benzene rings is 8. The molecule has 408 valence electrons. The van der Waals surface area contributed by atoms with Crippen LogP contribution in [0.1, 0.15) is 63.5 Å². The number of hydrogen-bond donors (Lipinski definition) is 1. The third kappa shape index (κ3) is 13.8. The number of halogens is 1. The van der Waals surface area contributed by atoms with Crippen molar-refractivity contribution < 1.29 is 59.7 Å². The van der Waals surface area contributed by atoms with Gasteiger partial charge >= 0.3 is 0 Å². The standard InChI is InChI=1S/C69H67N2O8.BrH/c1-3-56-42-71(29-27-57(56)36-68(71)69(72)65-26-28-70-67-25-24-58(73-2)40-66(65)67)41-53-30-59(78-47-54-32-61(74-43-49-16-8-4-9-17-49)38-62(33-54)75-44-50-18-10-5-11-19-50)37-60(31-53)79-48-55-34-63(76-45-51-20-12-6-13-21-51)39-64(35-55)77-46-52-22-14-7-15-23-52;/h3-26,28,30-35,37-40,56-57,68-69,72H,1,27,29,36,41-48H2,2H3;1H/q+1;/p-1/t56-,57+,68-,69+,71-;/m0./s1. The lowest BCUT2D eigenvalue weighted by Crippen LogP contribution is -3.00. The Morgan fingerprint density at radius 1 is 0.512 bits per heavy atom. The molecular weight excluding hydrogens is 1060 g/mol. The zero-order valence-electron chi connectivity index (χ0n) is 45.1. The van der Waals surface area contributed by atoms with E-state index in [-0.39, 0.29) is 36.2 Å². The molecule has 10 nitrogen and oxygen atoms in total. The molecule has 9 aromatic rings. The highest BCUT2D eigenvalue weighted by molar-refractivity contribution is 5.84. The van der Waals surface area contributed by atoms with Crippen molar-refractivity contribution in [1.29, 1.82) is 0 Å². The molecule has 3 aliphatic rings. The predicted octanol–water partition coefficient (Wildman–Crippen LogP) is 11.4. The maximum Gasteiger partial charge on any atom is 0.131 e. The van der Waals surface area contributed by atoms with Crippen LogP contribution < -0.4 is 50.1 Å². The van der Waals surface area contributed by atoms with Crippen molar-refractivity contribution in [3.8, 4) is 40.2 Å². The van der Waals surface area contributed by atoms with Crippen molar-refractivity contribution in [3.05, 3.63) is 264 Å². The van der Waals surface area contributed by atoms with Crippen molar-refractivity contribution in [2.75, 3.05) is 20.2 Å². The molecule has 3 aliphatic heterocycles. The summed E-state index contributed by atoms with van der Waals surface area (Å²) in [6.45, 7) is 8.82. The summed E-state index contributed by atoms with van der Waals surface area (Å²) >= 11 is 0. The molecule has 0 unspecified atom stereocenters. The average molecular weight is 1130 g/mol. The van der Waals surface area contributed by atoms with Crippen LogP contribution in [0.3, 0.4) is 0 Å². The van der Waals surface area contributed by atoms with Crippen LogP contribution >= 0.6 is 0 Å². The lowest BCUT2D eigenvalue weighted by molar-refractivity contribution is -0.984. The maximum absolute atomic E-state index is 12.8. The van der Waals surface area contributed by atoms with Gasteiger partial charge in [0, 0.05) is 54.1 Å². The summed E-state index contributed by atoms with van der Waals surface area (Å²) in [5.74, 6) is 5.48. The Balaban J connectivity index is 0.00000720. The maximum atomic E-state index is 12.8. The first-order chi connectivity index (χ1) is 38.8. The fourth-order valence-electron chi connectivity index (χ4n) is 11.4. The fraction of sp³-hybridized carbons (Fsp3) is 0.232. The van der Waals surface area contributed by atoms with Gasteiger partial charge in [0.1, 0.15) is 98.6 Å². The van der Waals surface area contributed by atoms with Gasteiger partial charge in [-0.15, -0.1) is 6.58 Å². The van der Waals surface area contributed by atoms with E-state index in [1.165, 1.54) is 0 Å². The molecule has 80 heavy (non-hydrogen) atoms. The van der Waals surface area contributed by atoms with Crippen molar-refractivity contribution in [3.63, 3.8) is 0 Å². The quantitative estimate of drug-likeness (QED) is 0.0469. The van der Waals surface area contributed by atoms with Gasteiger partial charge in [-0.2, -0.15) is 0 Å². The predicted molar refractivity (Wildman–Crippen MR) is 308 cm³/mol. The second-order valence-electron chi connectivity index (χ2n) is 20.9. The highest BCUT2D eigenvalue weighted by atomic mass is 79.9. The minimum atomic E-state index is -0.759. The topological polar surface area (TPSA) is 97.7 Å². The van der Waals surface area contributed by atoms with Gasteiger partial charge in [-0.05, 0) is 106 Å². The minimum Gasteiger partial charge on any atom is -1.00 e. The number of aromatic nitrogens is 1. The Kier molecular flexibility index (Phi) is 18.1. The zero-order valence-corrected chi connectivity index (χ0v) is 46.7. The Bertz CT molecular complexity index is 3180. The number of aliphatic hydroxyl groups excluding tert-OH is 1. The van der Waals surface area contributed by atoms with E-state index in [2.05, 4.69) is 78.3 Å². The van der Waals surface area contributed by atoms with Crippen LogP contribution in [0.25, 0.3) is 10.9 Å². The number of quaternary nitrogens is 1. The van der Waals surface area contributed by atoms with Gasteiger partial charge in [0.15, 0.2) is 0 Å². The lowest BCUT2D eigenvalue weighted by atomic mass is 9.71. The Hall–Kier alpha value is -8.09. The summed E-state index contributed by atoms with van der Waals surface area (Å²) in [6, 6.07) is 66.4. The number of piperidine rings is 3. The molecule has 12 rings (SSSR count). The molecule has 0 amide bonds. The number of methoxy groups -OCH3 is 1. The van der Waals surface area contributed by atoms with E-state index in [1.54, 1.807) is 13.3 Å². The molecule has 4 heterocycles. The molecule has 3 fully saturated rings. The first-order valence-electron chi connectivity index (χ1n) is 27.3. The second kappa shape index (κ2) is 26.2. The third-order valence-electron chi connectivity index (χ3n) is 15.5. The molecule has 3 saturated heterocycles. The molecule has 11 heteroatoms. The van der Waals surface area contributed by atoms with E-state index in [9.17, 15) is 5.11 Å². The molecule has 5 atom stereocenters. The van der Waals surface area contributed by atoms with Gasteiger partial charge in [0.2, 0.25) is 0 Å². The number of fused-ring (bicyclic) bond motifs is 4. The number of aliphatic hydroxyl groups is 1. The molecule has 1 N–H and O–H groups in total. The lowest BCUT2D eigenvalue weighted by Gasteiger charge is -2.58. The minimum absolute atomic E-state index is 0. The number of rotatable bonds is 24. The Morgan fingerprint density at radius 3 is 1.34 bits per heavy atom. The van der Waals surface area contributed by atoms with Crippen LogP contribution in [0, 0.1) is 11.8 Å². The van der Waals surface area contributed by atoms with Gasteiger partial charge in [-0.3, -0.25) is 4.98 Å². The van der Waals surface area contributed by atoms with E-state index >= 15 is 0 Å². The van der Waals surface area contributed by atoms with Gasteiger partial charge in [-0.1, -0.05) is 127 Å². The van der Waals surface area contributed by atoms with Crippen LogP contribution in [0.4, 0.5) is 0 Å². The highest BCUT2D eigenvalue weighted by Gasteiger charge is 2.54. The smallest absolute Gasteiger partial charge is 0.131 e. The molecule has 8 aromatic carbocycles. The Morgan fingerprint density at radius 2 is 0.925 bits per heavy atom. The molecular formula is C69H67BrN2O8. The van der Waals surface area contributed by atoms with Gasteiger partial charge in [0.05, 0.1) is 25.7 Å². The van der Waals surface area contributed by atoms with Gasteiger partial charge < -0.3 is 59.7 Å². The number of hydrogen-bond acceptors (Lipinski definition) is 9. The summed E-state index contributed by atoms with van der Waals surface area (Å²) in [7, 11) is 1.67. The van der Waals surface area contributed by atoms with Crippen molar-refractivity contribution in [1.82, 2.24) is 4.98 Å². The van der Waals surface area contributed by atoms with Gasteiger partial charge in [0.25, 0.3) is 0 Å². The average Bonchev–Trinajstić information content (AvgIpc) is 3.49. The van der Waals surface area contributed by atoms with Crippen LogP contribution in [0.15, 0.2) is 219 Å². The second-order valence-corrected chi connectivity index (χ2v) is 20.9. The normalized spacial score (nSPS) is 17.6. The van der Waals surface area contributed by atoms with Crippen LogP contribution in [-0.2, 0) is 46.2 Å². The van der Waals surface area contributed by atoms with Crippen LogP contribution in [-0.4, -0.2) is 40.8 Å². The van der Waals surface area contributed by atoms with Crippen molar-refractivity contribution in [2.45, 2.75) is 71.2 Å². The van der Waals surface area contributed by atoms with Gasteiger partial charge in [-0.25, -0.2) is 0 Å². The van der Waals surface area contributed by atoms with Crippen LogP contribution in [0.5, 0.6) is 40.2 Å². The number of pyridine rings is 1. The van der Waals surface area contributed by atoms with E-state index in [0.717, 1.165) is 87.1 Å². The molecule has 0 radical (unpaired) electrons. The van der Waals surface area contributed by atoms with E-state index < -0.39 is 6.10 Å². The summed E-state index contributed by atoms with van der Waals surface area (Å²) in [5.41, 5.74) is 8.75. The molecule has 1 aromatic heterocycles. The van der Waals surface area contributed by atoms with Crippen molar-refractivity contribution >= 4 is 10.9 Å². The summed E-state index contributed by atoms with van der Waals surface area (Å²) in [6.07, 6.45) is 5.08. The molecule has 0 aliphatic carbocycles. The summed E-state index contributed by atoms with van der Waals surface area (Å²) in [4.78, 5) is 4.67. The fourth-order valence-corrected chi connectivity index (χ4v) is 11.4. The third-order valence-corrected chi connectivity index (χ3v) is 15.5. The monoisotopic (exact) mass is 1130 g/mol. The number of ether oxygens (including phenoxy) is 7. The largest absolute Gasteiger partial charge is 1.00 e. The first kappa shape index (κ1) is 55.2. The summed E-state index contributed by atoms with van der Waals surface area (Å²) in [5, 5.41) is 13.7. The van der Waals surface area contributed by atoms with Crippen LogP contribution in [0.2, 0.25) is 0 Å². The highest BCUT2D eigenvalue weighted by Crippen LogP contribution is 2.49. The zero-order chi connectivity index (χ0) is 53.8. The molecule has 0 saturated carbocycles. The first-order valence-corrected chi connectivity index (χ1v) is 27.3. The van der Waals surface area contributed by atoms with E-state index in [1.807, 2.05) is 140 Å². The summed E-state index contributed by atoms with van der Waals surface area (Å²) < 4.78 is 45.6. The van der Waals surface area contributed by atoms with Crippen molar-refractivity contribution in [2.24, 2.45) is 11.8 Å². The Labute approximate surface area is 480 Å². The van der Waals surface area contributed by atoms with E-state index in [0.29, 0.717) is 83.8 Å².